The smallest absolute Gasteiger partial charge is 0.408 e. The summed E-state index contributed by atoms with van der Waals surface area (Å²) in [4.78, 5) is 22.3. The van der Waals surface area contributed by atoms with E-state index in [9.17, 15) is 9.59 Å². The first-order chi connectivity index (χ1) is 6.83. The van der Waals surface area contributed by atoms with Crippen molar-refractivity contribution in [3.63, 3.8) is 0 Å². The molecule has 2 atom stereocenters. The molecule has 86 valence electrons. The SMILES string of the molecule is CC(C)(C)OC(=O)NC1C(=O)N[C@H]1CO. The zero-order valence-electron chi connectivity index (χ0n) is 9.03. The van der Waals surface area contributed by atoms with Crippen molar-refractivity contribution in [2.24, 2.45) is 0 Å². The Morgan fingerprint density at radius 1 is 1.60 bits per heavy atom. The zero-order chi connectivity index (χ0) is 11.6. The van der Waals surface area contributed by atoms with E-state index in [4.69, 9.17) is 9.84 Å². The van der Waals surface area contributed by atoms with Crippen molar-refractivity contribution in [2.45, 2.75) is 38.5 Å². The molecule has 1 aliphatic rings. The number of alkyl carbamates (subject to hydrolysis) is 1. The van der Waals surface area contributed by atoms with Gasteiger partial charge in [-0.05, 0) is 20.8 Å². The van der Waals surface area contributed by atoms with Crippen molar-refractivity contribution in [1.82, 2.24) is 10.6 Å². The molecule has 1 rings (SSSR count). The van der Waals surface area contributed by atoms with Gasteiger partial charge in [0, 0.05) is 0 Å². The maximum atomic E-state index is 11.3. The first-order valence-corrected chi connectivity index (χ1v) is 4.74. The summed E-state index contributed by atoms with van der Waals surface area (Å²) >= 11 is 0. The molecule has 0 radical (unpaired) electrons. The average molecular weight is 216 g/mol. The Balaban J connectivity index is 2.41. The summed E-state index contributed by atoms with van der Waals surface area (Å²) in [6.45, 7) is 5.00. The van der Waals surface area contributed by atoms with Crippen LogP contribution in [0.15, 0.2) is 0 Å². The van der Waals surface area contributed by atoms with E-state index in [1.165, 1.54) is 0 Å². The van der Waals surface area contributed by atoms with E-state index in [0.29, 0.717) is 0 Å². The number of carbonyl (C=O) groups excluding carboxylic acids is 2. The van der Waals surface area contributed by atoms with Gasteiger partial charge in [-0.1, -0.05) is 0 Å². The lowest BCUT2D eigenvalue weighted by molar-refractivity contribution is -0.132. The minimum Gasteiger partial charge on any atom is -0.444 e. The molecule has 0 aromatic rings. The predicted octanol–water partition coefficient (Wildman–Crippen LogP) is -0.630. The number of hydrogen-bond donors (Lipinski definition) is 3. The van der Waals surface area contributed by atoms with Gasteiger partial charge in [0.2, 0.25) is 5.91 Å². The van der Waals surface area contributed by atoms with Crippen LogP contribution >= 0.6 is 0 Å². The van der Waals surface area contributed by atoms with Crippen molar-refractivity contribution in [2.75, 3.05) is 6.61 Å². The lowest BCUT2D eigenvalue weighted by Crippen LogP contribution is -2.70. The van der Waals surface area contributed by atoms with Crippen LogP contribution in [-0.2, 0) is 9.53 Å². The normalized spacial score (nSPS) is 25.2. The quantitative estimate of drug-likeness (QED) is 0.536. The van der Waals surface area contributed by atoms with Gasteiger partial charge < -0.3 is 20.5 Å². The summed E-state index contributed by atoms with van der Waals surface area (Å²) in [5.74, 6) is -0.306. The van der Waals surface area contributed by atoms with Gasteiger partial charge in [-0.3, -0.25) is 4.79 Å². The molecule has 1 saturated heterocycles. The van der Waals surface area contributed by atoms with Crippen molar-refractivity contribution >= 4 is 12.0 Å². The molecule has 3 N–H and O–H groups in total. The third-order valence-electron chi connectivity index (χ3n) is 1.88. The van der Waals surface area contributed by atoms with E-state index >= 15 is 0 Å². The number of aliphatic hydroxyl groups is 1. The van der Waals surface area contributed by atoms with Gasteiger partial charge in [-0.25, -0.2) is 4.79 Å². The molecule has 0 aromatic carbocycles. The highest BCUT2D eigenvalue weighted by atomic mass is 16.6. The highest BCUT2D eigenvalue weighted by Gasteiger charge is 2.40. The monoisotopic (exact) mass is 216 g/mol. The maximum Gasteiger partial charge on any atom is 0.408 e. The number of hydrogen-bond acceptors (Lipinski definition) is 4. The maximum absolute atomic E-state index is 11.3. The Morgan fingerprint density at radius 3 is 2.60 bits per heavy atom. The zero-order valence-corrected chi connectivity index (χ0v) is 9.03. The molecule has 1 aliphatic heterocycles. The summed E-state index contributed by atoms with van der Waals surface area (Å²) in [5.41, 5.74) is -0.598. The second-order valence-electron chi connectivity index (χ2n) is 4.42. The summed E-state index contributed by atoms with van der Waals surface area (Å²) in [5, 5.41) is 13.7. The number of nitrogens with one attached hydrogen (secondary N) is 2. The van der Waals surface area contributed by atoms with E-state index in [1.54, 1.807) is 20.8 Å². The van der Waals surface area contributed by atoms with Gasteiger partial charge in [-0.15, -0.1) is 0 Å². The van der Waals surface area contributed by atoms with Crippen LogP contribution in [0.2, 0.25) is 0 Å². The topological polar surface area (TPSA) is 87.7 Å². The molecule has 0 saturated carbocycles. The lowest BCUT2D eigenvalue weighted by atomic mass is 10.0. The van der Waals surface area contributed by atoms with Gasteiger partial charge in [0.15, 0.2) is 0 Å². The minimum absolute atomic E-state index is 0.202. The number of β-lactam (4-membered cyclic amide) rings is 1. The van der Waals surface area contributed by atoms with E-state index in [0.717, 1.165) is 0 Å². The third-order valence-corrected chi connectivity index (χ3v) is 1.88. The highest BCUT2D eigenvalue weighted by Crippen LogP contribution is 2.09. The number of rotatable bonds is 2. The van der Waals surface area contributed by atoms with Crippen LogP contribution in [0, 0.1) is 0 Å². The Hall–Kier alpha value is -1.30. The van der Waals surface area contributed by atoms with Gasteiger partial charge >= 0.3 is 6.09 Å². The molecule has 0 spiro atoms. The van der Waals surface area contributed by atoms with Crippen LogP contribution in [0.5, 0.6) is 0 Å². The molecule has 6 nitrogen and oxygen atoms in total. The molecule has 1 unspecified atom stereocenters. The molecule has 0 bridgehead atoms. The summed E-state index contributed by atoms with van der Waals surface area (Å²) in [6, 6.07) is -1.10. The van der Waals surface area contributed by atoms with Gasteiger partial charge in [0.1, 0.15) is 11.6 Å². The second-order valence-corrected chi connectivity index (χ2v) is 4.42. The number of ether oxygens (including phenoxy) is 1. The number of aliphatic hydroxyl groups excluding tert-OH is 1. The second kappa shape index (κ2) is 4.06. The Kier molecular flexibility index (Phi) is 3.18. The van der Waals surface area contributed by atoms with Gasteiger partial charge in [0.05, 0.1) is 12.6 Å². The first kappa shape index (κ1) is 11.8. The molecule has 1 fully saturated rings. The van der Waals surface area contributed by atoms with Crippen molar-refractivity contribution in [3.8, 4) is 0 Å². The van der Waals surface area contributed by atoms with Crippen LogP contribution in [-0.4, -0.2) is 41.4 Å². The van der Waals surface area contributed by atoms with E-state index in [1.807, 2.05) is 0 Å². The first-order valence-electron chi connectivity index (χ1n) is 4.74. The highest BCUT2D eigenvalue weighted by molar-refractivity contribution is 5.92. The van der Waals surface area contributed by atoms with E-state index < -0.39 is 23.8 Å². The van der Waals surface area contributed by atoms with E-state index in [2.05, 4.69) is 10.6 Å². The Morgan fingerprint density at radius 2 is 2.20 bits per heavy atom. The molecule has 2 amide bonds. The summed E-state index contributed by atoms with van der Waals surface area (Å²) in [6.07, 6.45) is -0.652. The van der Waals surface area contributed by atoms with Gasteiger partial charge in [0.25, 0.3) is 0 Å². The summed E-state index contributed by atoms with van der Waals surface area (Å²) in [7, 11) is 0. The number of amides is 2. The standard InChI is InChI=1S/C9H16N2O4/c1-9(2,3)15-8(14)11-6-5(4-12)10-7(6)13/h5-6,12H,4H2,1-3H3,(H,10,13)(H,11,14)/t5-,6?/m0/s1. The largest absolute Gasteiger partial charge is 0.444 e. The Bertz CT molecular complexity index is 272. The number of carbonyl (C=O) groups is 2. The Labute approximate surface area is 88.0 Å². The predicted molar refractivity (Wildman–Crippen MR) is 52.2 cm³/mol. The lowest BCUT2D eigenvalue weighted by Gasteiger charge is -2.36. The van der Waals surface area contributed by atoms with Crippen molar-refractivity contribution in [3.05, 3.63) is 0 Å². The molecule has 0 aliphatic carbocycles. The molecule has 15 heavy (non-hydrogen) atoms. The third kappa shape index (κ3) is 3.09. The van der Waals surface area contributed by atoms with Crippen molar-refractivity contribution < 1.29 is 19.4 Å². The fourth-order valence-corrected chi connectivity index (χ4v) is 1.19. The van der Waals surface area contributed by atoms with Crippen LogP contribution in [0.4, 0.5) is 4.79 Å². The van der Waals surface area contributed by atoms with Crippen LogP contribution in [0.1, 0.15) is 20.8 Å². The van der Waals surface area contributed by atoms with Crippen LogP contribution in [0.3, 0.4) is 0 Å². The minimum atomic E-state index is -0.690. The molecular formula is C9H16N2O4. The molecular weight excluding hydrogens is 200 g/mol. The van der Waals surface area contributed by atoms with Crippen LogP contribution in [0.25, 0.3) is 0 Å². The van der Waals surface area contributed by atoms with Crippen LogP contribution < -0.4 is 10.6 Å². The van der Waals surface area contributed by atoms with Gasteiger partial charge in [-0.2, -0.15) is 0 Å². The van der Waals surface area contributed by atoms with Crippen molar-refractivity contribution in [1.29, 1.82) is 0 Å². The fraction of sp³-hybridized carbons (Fsp3) is 0.778. The summed E-state index contributed by atoms with van der Waals surface area (Å²) < 4.78 is 4.97. The van der Waals surface area contributed by atoms with E-state index in [-0.39, 0.29) is 12.5 Å². The average Bonchev–Trinajstić information content (AvgIpc) is 2.07. The molecule has 1 heterocycles. The molecule has 6 heteroatoms. The molecule has 0 aromatic heterocycles. The fourth-order valence-electron chi connectivity index (χ4n) is 1.19.